The van der Waals surface area contributed by atoms with Gasteiger partial charge in [0.25, 0.3) is 0 Å². The van der Waals surface area contributed by atoms with Crippen LogP contribution in [-0.2, 0) is 14.1 Å². The van der Waals surface area contributed by atoms with E-state index >= 15 is 0 Å². The predicted octanol–water partition coefficient (Wildman–Crippen LogP) is 9.56. The fraction of sp³-hybridized carbons (Fsp3) is 0.389. The standard InChI is InChI=1S/C36H46N2Si2/c1-9-39(10-2,11-3)33-23-25-15-17-29-27-20-22-32-30(28(27)19-21-31(29)35(25)37(33)7)18-16-26-24-34(38(8)36(26)32)40(12-4,13-5)14-6/h15-24H,9-14H2,1-8H3. The van der Waals surface area contributed by atoms with Crippen molar-refractivity contribution < 1.29 is 0 Å². The molecule has 2 nitrogen and oxygen atoms in total. The quantitative estimate of drug-likeness (QED) is 0.129. The fourth-order valence-electron chi connectivity index (χ4n) is 8.35. The second-order valence-electron chi connectivity index (χ2n) is 12.3. The van der Waals surface area contributed by atoms with E-state index in [9.17, 15) is 0 Å². The number of hydrogen-bond acceptors (Lipinski definition) is 0. The molecule has 0 aliphatic heterocycles. The first-order valence-electron chi connectivity index (χ1n) is 15.7. The molecule has 0 N–H and O–H groups in total. The lowest BCUT2D eigenvalue weighted by molar-refractivity contribution is 0.986. The second-order valence-corrected chi connectivity index (χ2v) is 22.7. The van der Waals surface area contributed by atoms with Crippen LogP contribution in [0.3, 0.4) is 0 Å². The van der Waals surface area contributed by atoms with Gasteiger partial charge < -0.3 is 9.13 Å². The van der Waals surface area contributed by atoms with Crippen molar-refractivity contribution in [3.05, 3.63) is 60.7 Å². The van der Waals surface area contributed by atoms with Gasteiger partial charge in [0, 0.05) is 46.3 Å². The summed E-state index contributed by atoms with van der Waals surface area (Å²) >= 11 is 0. The Labute approximate surface area is 242 Å². The summed E-state index contributed by atoms with van der Waals surface area (Å²) in [5.74, 6) is 0. The molecule has 0 atom stereocenters. The fourth-order valence-corrected chi connectivity index (χ4v) is 16.1. The molecule has 0 aliphatic rings. The number of aryl methyl sites for hydroxylation is 2. The van der Waals surface area contributed by atoms with E-state index in [0.717, 1.165) is 0 Å². The molecule has 0 saturated heterocycles. The molecular formula is C36H46N2Si2. The van der Waals surface area contributed by atoms with Crippen LogP contribution in [0.5, 0.6) is 0 Å². The Kier molecular flexibility index (Phi) is 6.78. The van der Waals surface area contributed by atoms with Gasteiger partial charge in [-0.05, 0) is 33.7 Å². The molecule has 0 radical (unpaired) electrons. The van der Waals surface area contributed by atoms with Gasteiger partial charge in [0.1, 0.15) is 16.1 Å². The first-order chi connectivity index (χ1) is 19.3. The monoisotopic (exact) mass is 562 g/mol. The van der Waals surface area contributed by atoms with Gasteiger partial charge in [-0.25, -0.2) is 0 Å². The van der Waals surface area contributed by atoms with Crippen molar-refractivity contribution in [1.82, 2.24) is 9.13 Å². The molecule has 0 aliphatic carbocycles. The Bertz CT molecular complexity index is 1740. The van der Waals surface area contributed by atoms with Gasteiger partial charge in [-0.2, -0.15) is 0 Å². The van der Waals surface area contributed by atoms with Crippen LogP contribution in [0.15, 0.2) is 60.7 Å². The number of fused-ring (bicyclic) bond motifs is 9. The van der Waals surface area contributed by atoms with E-state index in [1.807, 2.05) is 0 Å². The molecule has 2 aromatic heterocycles. The molecule has 6 rings (SSSR count). The zero-order valence-corrected chi connectivity index (χ0v) is 27.9. The van der Waals surface area contributed by atoms with Crippen molar-refractivity contribution in [1.29, 1.82) is 0 Å². The lowest BCUT2D eigenvalue weighted by Crippen LogP contribution is -2.49. The van der Waals surface area contributed by atoms with Crippen LogP contribution < -0.4 is 10.6 Å². The third-order valence-corrected chi connectivity index (χ3v) is 22.6. The maximum absolute atomic E-state index is 2.56. The lowest BCUT2D eigenvalue weighted by Gasteiger charge is -2.29. The van der Waals surface area contributed by atoms with Gasteiger partial charge >= 0.3 is 0 Å². The molecule has 6 aromatic rings. The maximum atomic E-state index is 2.56. The summed E-state index contributed by atoms with van der Waals surface area (Å²) < 4.78 is 5.13. The van der Waals surface area contributed by atoms with Crippen molar-refractivity contribution in [2.24, 2.45) is 14.1 Å². The van der Waals surface area contributed by atoms with E-state index in [4.69, 9.17) is 0 Å². The molecule has 0 fully saturated rings. The minimum absolute atomic E-state index is 1.31. The summed E-state index contributed by atoms with van der Waals surface area (Å²) in [6, 6.07) is 32.0. The van der Waals surface area contributed by atoms with E-state index < -0.39 is 16.1 Å². The van der Waals surface area contributed by atoms with Gasteiger partial charge in [-0.1, -0.05) is 126 Å². The van der Waals surface area contributed by atoms with Crippen molar-refractivity contribution in [3.63, 3.8) is 0 Å². The Hall–Kier alpha value is -2.83. The minimum Gasteiger partial charge on any atom is -0.351 e. The molecule has 208 valence electrons. The van der Waals surface area contributed by atoms with E-state index in [1.165, 1.54) is 90.4 Å². The lowest BCUT2D eigenvalue weighted by atomic mass is 9.95. The highest BCUT2D eigenvalue weighted by Crippen LogP contribution is 2.38. The van der Waals surface area contributed by atoms with Crippen LogP contribution in [0.4, 0.5) is 0 Å². The van der Waals surface area contributed by atoms with Crippen LogP contribution in [0.2, 0.25) is 36.3 Å². The molecule has 0 amide bonds. The third-order valence-electron chi connectivity index (χ3n) is 11.3. The average Bonchev–Trinajstić information content (AvgIpc) is 3.52. The summed E-state index contributed by atoms with van der Waals surface area (Å²) in [5, 5.41) is 14.3. The molecule has 0 saturated carbocycles. The molecule has 4 aromatic carbocycles. The summed E-state index contributed by atoms with van der Waals surface area (Å²) in [5.41, 5.74) is 2.81. The molecule has 2 heterocycles. The molecule has 0 bridgehead atoms. The van der Waals surface area contributed by atoms with Gasteiger partial charge in [-0.15, -0.1) is 0 Å². The average molecular weight is 563 g/mol. The molecule has 0 unspecified atom stereocenters. The van der Waals surface area contributed by atoms with Gasteiger partial charge in [0.05, 0.1) is 11.0 Å². The van der Waals surface area contributed by atoms with Crippen molar-refractivity contribution in [2.45, 2.75) is 77.8 Å². The number of hydrogen-bond donors (Lipinski definition) is 0. The summed E-state index contributed by atoms with van der Waals surface area (Å²) in [7, 11) is 1.67. The first-order valence-corrected chi connectivity index (χ1v) is 20.9. The van der Waals surface area contributed by atoms with E-state index in [0.29, 0.717) is 0 Å². The zero-order valence-electron chi connectivity index (χ0n) is 25.9. The molecule has 0 spiro atoms. The van der Waals surface area contributed by atoms with Gasteiger partial charge in [0.15, 0.2) is 0 Å². The highest BCUT2D eigenvalue weighted by Gasteiger charge is 2.34. The predicted molar refractivity (Wildman–Crippen MR) is 186 cm³/mol. The van der Waals surface area contributed by atoms with Crippen LogP contribution in [-0.4, -0.2) is 25.3 Å². The zero-order chi connectivity index (χ0) is 28.4. The van der Waals surface area contributed by atoms with Crippen molar-refractivity contribution in [3.8, 4) is 0 Å². The molecule has 4 heteroatoms. The van der Waals surface area contributed by atoms with Crippen LogP contribution in [0.25, 0.3) is 54.1 Å². The van der Waals surface area contributed by atoms with Crippen LogP contribution in [0, 0.1) is 0 Å². The number of aromatic nitrogens is 2. The SMILES string of the molecule is CC[Si](CC)(CC)c1cc2ccc3c4ccc5c(ccc6cc([Si](CC)(CC)CC)n(C)c65)c4ccc3c2n1C. The Morgan fingerprint density at radius 1 is 0.425 bits per heavy atom. The Balaban J connectivity index is 1.62. The smallest absolute Gasteiger partial charge is 0.107 e. The summed E-state index contributed by atoms with van der Waals surface area (Å²) in [6.45, 7) is 14.5. The van der Waals surface area contributed by atoms with Gasteiger partial charge in [0.2, 0.25) is 0 Å². The maximum Gasteiger partial charge on any atom is 0.107 e. The van der Waals surface area contributed by atoms with Crippen LogP contribution in [0.1, 0.15) is 41.5 Å². The molecule has 40 heavy (non-hydrogen) atoms. The third kappa shape index (κ3) is 3.58. The largest absolute Gasteiger partial charge is 0.351 e. The molecular weight excluding hydrogens is 517 g/mol. The highest BCUT2D eigenvalue weighted by molar-refractivity contribution is 6.92. The van der Waals surface area contributed by atoms with Crippen molar-refractivity contribution in [2.75, 3.05) is 0 Å². The number of rotatable bonds is 8. The Morgan fingerprint density at radius 3 is 1.02 bits per heavy atom. The summed E-state index contributed by atoms with van der Waals surface area (Å²) in [4.78, 5) is 0. The topological polar surface area (TPSA) is 9.86 Å². The van der Waals surface area contributed by atoms with Crippen LogP contribution >= 0.6 is 0 Å². The highest BCUT2D eigenvalue weighted by atomic mass is 28.3. The minimum atomic E-state index is -1.49. The normalized spacial score (nSPS) is 13.1. The van der Waals surface area contributed by atoms with E-state index in [2.05, 4.69) is 125 Å². The first kappa shape index (κ1) is 27.3. The van der Waals surface area contributed by atoms with E-state index in [-0.39, 0.29) is 0 Å². The van der Waals surface area contributed by atoms with Crippen molar-refractivity contribution >= 4 is 80.9 Å². The van der Waals surface area contributed by atoms with E-state index in [1.54, 1.807) is 10.6 Å². The second kappa shape index (κ2) is 9.92. The number of nitrogens with zero attached hydrogens (tertiary/aromatic N) is 2. The number of benzene rings is 4. The van der Waals surface area contributed by atoms with Gasteiger partial charge in [-0.3, -0.25) is 0 Å². The Morgan fingerprint density at radius 2 is 0.700 bits per heavy atom. The summed E-state index contributed by atoms with van der Waals surface area (Å²) in [6.07, 6.45) is 0.